The fourth-order valence-electron chi connectivity index (χ4n) is 2.54. The van der Waals surface area contributed by atoms with Crippen molar-refractivity contribution in [1.82, 2.24) is 9.62 Å². The van der Waals surface area contributed by atoms with Gasteiger partial charge in [-0.25, -0.2) is 12.8 Å². The Morgan fingerprint density at radius 2 is 2.22 bits per heavy atom. The molecule has 1 heterocycles. The summed E-state index contributed by atoms with van der Waals surface area (Å²) < 4.78 is 40.4. The number of benzene rings is 1. The van der Waals surface area contributed by atoms with Gasteiger partial charge in [0.05, 0.1) is 10.9 Å². The third kappa shape index (κ3) is 4.00. The van der Waals surface area contributed by atoms with Crippen LogP contribution in [0, 0.1) is 11.7 Å². The highest BCUT2D eigenvalue weighted by atomic mass is 35.5. The molecule has 9 heteroatoms. The summed E-state index contributed by atoms with van der Waals surface area (Å²) in [4.78, 5) is 11.5. The van der Waals surface area contributed by atoms with Crippen LogP contribution < -0.4 is 11.1 Å². The van der Waals surface area contributed by atoms with Gasteiger partial charge in [0, 0.05) is 26.2 Å². The number of nitrogens with one attached hydrogen (secondary N) is 1. The van der Waals surface area contributed by atoms with Crippen LogP contribution in [-0.4, -0.2) is 44.8 Å². The van der Waals surface area contributed by atoms with Crippen LogP contribution in [0.2, 0.25) is 5.02 Å². The van der Waals surface area contributed by atoms with Gasteiger partial charge in [-0.3, -0.25) is 4.79 Å². The van der Waals surface area contributed by atoms with Crippen molar-refractivity contribution in [3.05, 3.63) is 29.0 Å². The molecule has 0 bridgehead atoms. The van der Waals surface area contributed by atoms with Crippen LogP contribution in [0.5, 0.6) is 0 Å². The van der Waals surface area contributed by atoms with Crippen LogP contribution in [0.15, 0.2) is 23.1 Å². The van der Waals surface area contributed by atoms with Crippen LogP contribution in [0.25, 0.3) is 0 Å². The molecule has 1 aromatic carbocycles. The van der Waals surface area contributed by atoms with Gasteiger partial charge in [-0.2, -0.15) is 4.31 Å². The molecular weight excluding hydrogens is 345 g/mol. The number of piperidine rings is 1. The fraction of sp³-hybridized carbons (Fsp3) is 0.500. The molecule has 1 aliphatic heterocycles. The SMILES string of the molecule is NCCNC(=O)C1CCCN(S(=O)(=O)c2cccc(Cl)c2F)C1. The highest BCUT2D eigenvalue weighted by molar-refractivity contribution is 7.89. The first-order chi connectivity index (χ1) is 10.9. The Bertz CT molecular complexity index is 684. The molecule has 1 aliphatic rings. The Labute approximate surface area is 139 Å². The van der Waals surface area contributed by atoms with Gasteiger partial charge in [0.1, 0.15) is 4.90 Å². The first kappa shape index (κ1) is 18.1. The third-order valence-electron chi connectivity index (χ3n) is 3.73. The van der Waals surface area contributed by atoms with Gasteiger partial charge < -0.3 is 11.1 Å². The van der Waals surface area contributed by atoms with Gasteiger partial charge in [-0.1, -0.05) is 17.7 Å². The van der Waals surface area contributed by atoms with Crippen molar-refractivity contribution in [3.63, 3.8) is 0 Å². The number of rotatable bonds is 5. The Kier molecular flexibility index (Phi) is 5.96. The molecule has 1 saturated heterocycles. The van der Waals surface area contributed by atoms with Crippen molar-refractivity contribution in [1.29, 1.82) is 0 Å². The minimum Gasteiger partial charge on any atom is -0.355 e. The molecule has 1 amide bonds. The van der Waals surface area contributed by atoms with Crippen molar-refractivity contribution in [3.8, 4) is 0 Å². The van der Waals surface area contributed by atoms with E-state index < -0.39 is 26.7 Å². The lowest BCUT2D eigenvalue weighted by molar-refractivity contribution is -0.126. The zero-order valence-corrected chi connectivity index (χ0v) is 14.0. The van der Waals surface area contributed by atoms with E-state index >= 15 is 0 Å². The van der Waals surface area contributed by atoms with E-state index in [2.05, 4.69) is 5.32 Å². The van der Waals surface area contributed by atoms with Gasteiger partial charge in [0.25, 0.3) is 0 Å². The minimum atomic E-state index is -4.03. The number of hydrogen-bond acceptors (Lipinski definition) is 4. The molecule has 1 fully saturated rings. The number of halogens is 2. The predicted octanol–water partition coefficient (Wildman–Crippen LogP) is 0.955. The van der Waals surface area contributed by atoms with Crippen molar-refractivity contribution in [2.24, 2.45) is 11.7 Å². The Morgan fingerprint density at radius 1 is 1.48 bits per heavy atom. The molecule has 128 valence electrons. The number of carbonyl (C=O) groups excluding carboxylic acids is 1. The van der Waals surface area contributed by atoms with Crippen molar-refractivity contribution in [2.45, 2.75) is 17.7 Å². The summed E-state index contributed by atoms with van der Waals surface area (Å²) in [5.41, 5.74) is 5.33. The van der Waals surface area contributed by atoms with E-state index in [1.54, 1.807) is 0 Å². The molecule has 0 spiro atoms. The number of hydrogen-bond donors (Lipinski definition) is 2. The molecule has 1 atom stereocenters. The highest BCUT2D eigenvalue weighted by Gasteiger charge is 2.34. The monoisotopic (exact) mass is 363 g/mol. The van der Waals surface area contributed by atoms with E-state index in [1.807, 2.05) is 0 Å². The molecule has 23 heavy (non-hydrogen) atoms. The minimum absolute atomic E-state index is 0.0185. The maximum absolute atomic E-state index is 14.0. The summed E-state index contributed by atoms with van der Waals surface area (Å²) >= 11 is 5.66. The van der Waals surface area contributed by atoms with Crippen LogP contribution in [-0.2, 0) is 14.8 Å². The molecule has 0 aromatic heterocycles. The molecule has 1 aromatic rings. The zero-order valence-electron chi connectivity index (χ0n) is 12.5. The fourth-order valence-corrected chi connectivity index (χ4v) is 4.38. The smallest absolute Gasteiger partial charge is 0.246 e. The van der Waals surface area contributed by atoms with E-state index in [9.17, 15) is 17.6 Å². The lowest BCUT2D eigenvalue weighted by Gasteiger charge is -2.31. The standard InChI is InChI=1S/C14H19ClFN3O3S/c15-11-4-1-5-12(13(11)16)23(21,22)19-8-2-3-10(9-19)14(20)18-7-6-17/h1,4-5,10H,2-3,6-9,17H2,(H,18,20). The normalized spacial score (nSPS) is 19.5. The van der Waals surface area contributed by atoms with E-state index in [0.29, 0.717) is 25.9 Å². The van der Waals surface area contributed by atoms with E-state index in [0.717, 1.165) is 4.31 Å². The second-order valence-electron chi connectivity index (χ2n) is 5.33. The average Bonchev–Trinajstić information content (AvgIpc) is 2.55. The highest BCUT2D eigenvalue weighted by Crippen LogP contribution is 2.28. The summed E-state index contributed by atoms with van der Waals surface area (Å²) in [6.45, 7) is 0.916. The van der Waals surface area contributed by atoms with Crippen LogP contribution >= 0.6 is 11.6 Å². The maximum Gasteiger partial charge on any atom is 0.246 e. The van der Waals surface area contributed by atoms with Crippen LogP contribution in [0.1, 0.15) is 12.8 Å². The summed E-state index contributed by atoms with van der Waals surface area (Å²) in [7, 11) is -4.03. The molecule has 6 nitrogen and oxygen atoms in total. The second kappa shape index (κ2) is 7.57. The van der Waals surface area contributed by atoms with Crippen LogP contribution in [0.4, 0.5) is 4.39 Å². The largest absolute Gasteiger partial charge is 0.355 e. The first-order valence-electron chi connectivity index (χ1n) is 7.30. The summed E-state index contributed by atoms with van der Waals surface area (Å²) in [5, 5.41) is 2.40. The molecule has 0 radical (unpaired) electrons. The summed E-state index contributed by atoms with van der Waals surface area (Å²) in [6, 6.07) is 3.84. The Balaban J connectivity index is 2.20. The van der Waals surface area contributed by atoms with Gasteiger partial charge in [-0.15, -0.1) is 0 Å². The Morgan fingerprint density at radius 3 is 2.91 bits per heavy atom. The molecule has 2 rings (SSSR count). The average molecular weight is 364 g/mol. The lowest BCUT2D eigenvalue weighted by atomic mass is 9.99. The van der Waals surface area contributed by atoms with Gasteiger partial charge in [0.2, 0.25) is 15.9 Å². The van der Waals surface area contributed by atoms with Crippen molar-refractivity contribution in [2.75, 3.05) is 26.2 Å². The summed E-state index contributed by atoms with van der Waals surface area (Å²) in [5.74, 6) is -1.67. The number of carbonyl (C=O) groups is 1. The molecule has 0 saturated carbocycles. The van der Waals surface area contributed by atoms with E-state index in [4.69, 9.17) is 17.3 Å². The first-order valence-corrected chi connectivity index (χ1v) is 9.11. The van der Waals surface area contributed by atoms with E-state index in [1.165, 1.54) is 18.2 Å². The van der Waals surface area contributed by atoms with Gasteiger partial charge >= 0.3 is 0 Å². The number of amides is 1. The molecular formula is C14H19ClFN3O3S. The molecule has 3 N–H and O–H groups in total. The number of nitrogens with two attached hydrogens (primary N) is 1. The lowest BCUT2D eigenvalue weighted by Crippen LogP contribution is -2.46. The van der Waals surface area contributed by atoms with E-state index in [-0.39, 0.29) is 24.0 Å². The number of sulfonamides is 1. The maximum atomic E-state index is 14.0. The number of nitrogens with zero attached hydrogens (tertiary/aromatic N) is 1. The van der Waals surface area contributed by atoms with Crippen molar-refractivity contribution >= 4 is 27.5 Å². The topological polar surface area (TPSA) is 92.5 Å². The Hall–Kier alpha value is -1.22. The quantitative estimate of drug-likeness (QED) is 0.814. The molecule has 0 aliphatic carbocycles. The molecule has 1 unspecified atom stereocenters. The van der Waals surface area contributed by atoms with Crippen molar-refractivity contribution < 1.29 is 17.6 Å². The second-order valence-corrected chi connectivity index (χ2v) is 7.65. The van der Waals surface area contributed by atoms with Crippen LogP contribution in [0.3, 0.4) is 0 Å². The van der Waals surface area contributed by atoms with Gasteiger partial charge in [-0.05, 0) is 25.0 Å². The van der Waals surface area contributed by atoms with Gasteiger partial charge in [0.15, 0.2) is 5.82 Å². The zero-order chi connectivity index (χ0) is 17.0. The summed E-state index contributed by atoms with van der Waals surface area (Å²) in [6.07, 6.45) is 1.11. The predicted molar refractivity (Wildman–Crippen MR) is 85.0 cm³/mol. The third-order valence-corrected chi connectivity index (χ3v) is 5.91.